The van der Waals surface area contributed by atoms with Crippen LogP contribution >= 0.6 is 11.6 Å². The van der Waals surface area contributed by atoms with Crippen molar-refractivity contribution in [1.29, 1.82) is 0 Å². The van der Waals surface area contributed by atoms with Crippen LogP contribution in [0.4, 0.5) is 0 Å². The SMILES string of the molecule is CC1(c2ccc(OC3CC3)c(Cl)c2)CCCN1. The minimum absolute atomic E-state index is 0.0851. The van der Waals surface area contributed by atoms with Crippen LogP contribution in [0.3, 0.4) is 0 Å². The van der Waals surface area contributed by atoms with Crippen LogP contribution < -0.4 is 10.1 Å². The number of benzene rings is 1. The third kappa shape index (κ3) is 2.29. The summed E-state index contributed by atoms with van der Waals surface area (Å²) in [6.45, 7) is 3.33. The lowest BCUT2D eigenvalue weighted by atomic mass is 9.90. The van der Waals surface area contributed by atoms with Crippen LogP contribution in [0.25, 0.3) is 0 Å². The standard InChI is InChI=1S/C14H18ClNO/c1-14(7-2-8-16-14)10-3-6-13(12(15)9-10)17-11-4-5-11/h3,6,9,11,16H,2,4-5,7-8H2,1H3. The quantitative estimate of drug-likeness (QED) is 0.888. The van der Waals surface area contributed by atoms with Crippen molar-refractivity contribution in [3.63, 3.8) is 0 Å². The molecule has 0 aromatic heterocycles. The molecule has 1 aliphatic heterocycles. The number of nitrogens with one attached hydrogen (secondary N) is 1. The Hall–Kier alpha value is -0.730. The molecule has 1 aromatic rings. The van der Waals surface area contributed by atoms with Gasteiger partial charge in [-0.15, -0.1) is 0 Å². The van der Waals surface area contributed by atoms with E-state index in [0.717, 1.165) is 30.2 Å². The minimum Gasteiger partial charge on any atom is -0.489 e. The molecule has 0 amide bonds. The van der Waals surface area contributed by atoms with E-state index in [0.29, 0.717) is 6.10 Å². The summed E-state index contributed by atoms with van der Waals surface area (Å²) in [7, 11) is 0. The van der Waals surface area contributed by atoms with Crippen LogP contribution in [0.15, 0.2) is 18.2 Å². The topological polar surface area (TPSA) is 21.3 Å². The zero-order chi connectivity index (χ0) is 11.9. The first-order valence-electron chi connectivity index (χ1n) is 6.39. The van der Waals surface area contributed by atoms with Crippen molar-refractivity contribution in [3.05, 3.63) is 28.8 Å². The molecule has 1 N–H and O–H groups in total. The molecule has 1 heterocycles. The molecule has 2 aliphatic rings. The highest BCUT2D eigenvalue weighted by Crippen LogP contribution is 2.37. The molecule has 0 spiro atoms. The maximum Gasteiger partial charge on any atom is 0.138 e. The van der Waals surface area contributed by atoms with Crippen LogP contribution in [-0.2, 0) is 5.54 Å². The predicted molar refractivity (Wildman–Crippen MR) is 69.7 cm³/mol. The van der Waals surface area contributed by atoms with Gasteiger partial charge in [0.1, 0.15) is 5.75 Å². The first-order chi connectivity index (χ1) is 8.17. The summed E-state index contributed by atoms with van der Waals surface area (Å²) >= 11 is 6.29. The maximum absolute atomic E-state index is 6.29. The second kappa shape index (κ2) is 4.18. The summed E-state index contributed by atoms with van der Waals surface area (Å²) in [5.41, 5.74) is 1.35. The fraction of sp³-hybridized carbons (Fsp3) is 0.571. The average Bonchev–Trinajstić information content (AvgIpc) is 3.02. The molecular formula is C14H18ClNO. The van der Waals surface area contributed by atoms with E-state index < -0.39 is 0 Å². The molecule has 92 valence electrons. The summed E-state index contributed by atoms with van der Waals surface area (Å²) in [5, 5.41) is 4.29. The van der Waals surface area contributed by atoms with Gasteiger partial charge in [-0.1, -0.05) is 17.7 Å². The first kappa shape index (κ1) is 11.4. The molecule has 1 unspecified atom stereocenters. The summed E-state index contributed by atoms with van der Waals surface area (Å²) in [6.07, 6.45) is 5.13. The number of halogens is 1. The monoisotopic (exact) mass is 251 g/mol. The Bertz CT molecular complexity index is 422. The third-order valence-electron chi connectivity index (χ3n) is 3.76. The molecule has 0 radical (unpaired) electrons. The summed E-state index contributed by atoms with van der Waals surface area (Å²) in [4.78, 5) is 0. The number of ether oxygens (including phenoxy) is 1. The van der Waals surface area contributed by atoms with Gasteiger partial charge in [0.2, 0.25) is 0 Å². The Kier molecular flexibility index (Phi) is 2.80. The molecule has 3 rings (SSSR count). The first-order valence-corrected chi connectivity index (χ1v) is 6.77. The van der Waals surface area contributed by atoms with Gasteiger partial charge in [0.15, 0.2) is 0 Å². The average molecular weight is 252 g/mol. The Labute approximate surface area is 107 Å². The van der Waals surface area contributed by atoms with E-state index in [-0.39, 0.29) is 5.54 Å². The van der Waals surface area contributed by atoms with Gasteiger partial charge in [-0.2, -0.15) is 0 Å². The van der Waals surface area contributed by atoms with Crippen molar-refractivity contribution in [2.24, 2.45) is 0 Å². The van der Waals surface area contributed by atoms with Crippen molar-refractivity contribution in [3.8, 4) is 5.75 Å². The highest BCUT2D eigenvalue weighted by atomic mass is 35.5. The molecule has 17 heavy (non-hydrogen) atoms. The van der Waals surface area contributed by atoms with E-state index in [1.165, 1.54) is 18.4 Å². The largest absolute Gasteiger partial charge is 0.489 e. The molecule has 2 fully saturated rings. The van der Waals surface area contributed by atoms with Crippen molar-refractivity contribution >= 4 is 11.6 Å². The molecule has 1 saturated heterocycles. The van der Waals surface area contributed by atoms with Crippen molar-refractivity contribution < 1.29 is 4.74 Å². The van der Waals surface area contributed by atoms with Crippen molar-refractivity contribution in [2.75, 3.05) is 6.54 Å². The molecule has 0 bridgehead atoms. The Balaban J connectivity index is 1.84. The molecule has 3 heteroatoms. The second-order valence-corrected chi connectivity index (χ2v) is 5.73. The van der Waals surface area contributed by atoms with Gasteiger partial charge in [-0.3, -0.25) is 0 Å². The van der Waals surface area contributed by atoms with Gasteiger partial charge in [-0.25, -0.2) is 0 Å². The zero-order valence-electron chi connectivity index (χ0n) is 10.1. The van der Waals surface area contributed by atoms with Crippen LogP contribution in [0.5, 0.6) is 5.75 Å². The van der Waals surface area contributed by atoms with Gasteiger partial charge in [0, 0.05) is 5.54 Å². The predicted octanol–water partition coefficient (Wildman–Crippen LogP) is 3.48. The van der Waals surface area contributed by atoms with Gasteiger partial charge in [0.05, 0.1) is 11.1 Å². The minimum atomic E-state index is 0.0851. The van der Waals surface area contributed by atoms with Crippen LogP contribution in [0, 0.1) is 0 Å². The van der Waals surface area contributed by atoms with E-state index in [1.807, 2.05) is 6.07 Å². The highest BCUT2D eigenvalue weighted by Gasteiger charge is 2.31. The van der Waals surface area contributed by atoms with E-state index in [9.17, 15) is 0 Å². The zero-order valence-corrected chi connectivity index (χ0v) is 10.9. The normalized spacial score (nSPS) is 28.4. The molecule has 1 aliphatic carbocycles. The van der Waals surface area contributed by atoms with Crippen molar-refractivity contribution in [1.82, 2.24) is 5.32 Å². The van der Waals surface area contributed by atoms with Gasteiger partial charge >= 0.3 is 0 Å². The lowest BCUT2D eigenvalue weighted by Crippen LogP contribution is -2.33. The van der Waals surface area contributed by atoms with Crippen LogP contribution in [0.1, 0.15) is 38.2 Å². The fourth-order valence-electron chi connectivity index (χ4n) is 2.45. The van der Waals surface area contributed by atoms with E-state index in [4.69, 9.17) is 16.3 Å². The van der Waals surface area contributed by atoms with Crippen LogP contribution in [-0.4, -0.2) is 12.6 Å². The van der Waals surface area contributed by atoms with Gasteiger partial charge in [-0.05, 0) is 56.8 Å². The number of rotatable bonds is 3. The lowest BCUT2D eigenvalue weighted by Gasteiger charge is -2.25. The Morgan fingerprint density at radius 3 is 2.82 bits per heavy atom. The van der Waals surface area contributed by atoms with E-state index in [1.54, 1.807) is 0 Å². The van der Waals surface area contributed by atoms with E-state index in [2.05, 4.69) is 24.4 Å². The van der Waals surface area contributed by atoms with Gasteiger partial charge in [0.25, 0.3) is 0 Å². The number of hydrogen-bond acceptors (Lipinski definition) is 2. The molecule has 1 saturated carbocycles. The smallest absolute Gasteiger partial charge is 0.138 e. The number of hydrogen-bond donors (Lipinski definition) is 1. The molecule has 1 atom stereocenters. The fourth-order valence-corrected chi connectivity index (χ4v) is 2.67. The van der Waals surface area contributed by atoms with Crippen molar-refractivity contribution in [2.45, 2.75) is 44.2 Å². The Morgan fingerprint density at radius 2 is 2.24 bits per heavy atom. The summed E-state index contributed by atoms with van der Waals surface area (Å²) in [5.74, 6) is 0.833. The Morgan fingerprint density at radius 1 is 1.41 bits per heavy atom. The lowest BCUT2D eigenvalue weighted by molar-refractivity contribution is 0.303. The summed E-state index contributed by atoms with van der Waals surface area (Å²) < 4.78 is 5.75. The second-order valence-electron chi connectivity index (χ2n) is 5.32. The van der Waals surface area contributed by atoms with E-state index >= 15 is 0 Å². The maximum atomic E-state index is 6.29. The molecular weight excluding hydrogens is 234 g/mol. The highest BCUT2D eigenvalue weighted by molar-refractivity contribution is 6.32. The third-order valence-corrected chi connectivity index (χ3v) is 4.05. The molecule has 2 nitrogen and oxygen atoms in total. The molecule has 1 aromatic carbocycles. The van der Waals surface area contributed by atoms with Crippen LogP contribution in [0.2, 0.25) is 5.02 Å². The van der Waals surface area contributed by atoms with Gasteiger partial charge < -0.3 is 10.1 Å². The summed E-state index contributed by atoms with van der Waals surface area (Å²) in [6, 6.07) is 6.21.